The molecule has 0 heterocycles. The lowest BCUT2D eigenvalue weighted by Crippen LogP contribution is -2.05. The second-order valence-corrected chi connectivity index (χ2v) is 6.01. The number of carboxylic acid groups (broad SMARTS) is 1. The van der Waals surface area contributed by atoms with E-state index in [0.29, 0.717) is 13.2 Å². The molecule has 0 spiro atoms. The number of aryl methyl sites for hydroxylation is 2. The third-order valence-electron chi connectivity index (χ3n) is 3.51. The lowest BCUT2D eigenvalue weighted by molar-refractivity contribution is -0.136. The molecule has 0 atom stereocenters. The zero-order valence-electron chi connectivity index (χ0n) is 13.8. The molecule has 4 nitrogen and oxygen atoms in total. The third kappa shape index (κ3) is 5.46. The highest BCUT2D eigenvalue weighted by atomic mass is 35.5. The van der Waals surface area contributed by atoms with Gasteiger partial charge in [0, 0.05) is 11.4 Å². The van der Waals surface area contributed by atoms with E-state index >= 15 is 0 Å². The van der Waals surface area contributed by atoms with Crippen molar-refractivity contribution >= 4 is 17.6 Å². The summed E-state index contributed by atoms with van der Waals surface area (Å²) in [4.78, 5) is 10.6. The van der Waals surface area contributed by atoms with E-state index in [1.807, 2.05) is 26.0 Å². The number of halogens is 1. The van der Waals surface area contributed by atoms with Crippen molar-refractivity contribution in [3.63, 3.8) is 0 Å². The smallest absolute Gasteiger partial charge is 0.307 e. The van der Waals surface area contributed by atoms with Gasteiger partial charge in [0.1, 0.15) is 11.5 Å². The van der Waals surface area contributed by atoms with Crippen molar-refractivity contribution < 1.29 is 19.4 Å². The van der Waals surface area contributed by atoms with Gasteiger partial charge in [0.15, 0.2) is 0 Å². The lowest BCUT2D eigenvalue weighted by atomic mass is 10.1. The van der Waals surface area contributed by atoms with Gasteiger partial charge < -0.3 is 14.6 Å². The van der Waals surface area contributed by atoms with Crippen molar-refractivity contribution in [1.29, 1.82) is 0 Å². The normalized spacial score (nSPS) is 10.5. The van der Waals surface area contributed by atoms with Crippen molar-refractivity contribution in [2.45, 2.75) is 26.7 Å². The van der Waals surface area contributed by atoms with E-state index in [1.165, 1.54) is 0 Å². The summed E-state index contributed by atoms with van der Waals surface area (Å²) in [6.07, 6.45) is 0.769. The van der Waals surface area contributed by atoms with Crippen LogP contribution in [-0.4, -0.2) is 24.3 Å². The van der Waals surface area contributed by atoms with Gasteiger partial charge in [-0.1, -0.05) is 23.7 Å². The molecule has 0 unspecified atom stereocenters. The van der Waals surface area contributed by atoms with Gasteiger partial charge in [-0.05, 0) is 54.8 Å². The van der Waals surface area contributed by atoms with Crippen LogP contribution in [-0.2, 0) is 11.2 Å². The molecule has 2 aromatic carbocycles. The predicted molar refractivity (Wildman–Crippen MR) is 94.3 cm³/mol. The maximum absolute atomic E-state index is 10.6. The summed E-state index contributed by atoms with van der Waals surface area (Å²) in [5, 5.41) is 9.50. The van der Waals surface area contributed by atoms with Crippen LogP contribution in [0.25, 0.3) is 0 Å². The molecule has 0 saturated carbocycles. The molecule has 2 aromatic rings. The van der Waals surface area contributed by atoms with E-state index in [9.17, 15) is 4.79 Å². The van der Waals surface area contributed by atoms with Gasteiger partial charge >= 0.3 is 5.97 Å². The van der Waals surface area contributed by atoms with Crippen molar-refractivity contribution in [2.24, 2.45) is 0 Å². The first-order chi connectivity index (χ1) is 11.5. The summed E-state index contributed by atoms with van der Waals surface area (Å²) < 4.78 is 11.3. The zero-order chi connectivity index (χ0) is 17.5. The Morgan fingerprint density at radius 1 is 1.00 bits per heavy atom. The first-order valence-corrected chi connectivity index (χ1v) is 8.16. The Balaban J connectivity index is 1.72. The van der Waals surface area contributed by atoms with Crippen LogP contribution in [0.15, 0.2) is 36.4 Å². The number of rotatable bonds is 8. The Kier molecular flexibility index (Phi) is 6.50. The Bertz CT molecular complexity index is 672. The van der Waals surface area contributed by atoms with Crippen LogP contribution < -0.4 is 9.47 Å². The quantitative estimate of drug-likeness (QED) is 0.717. The number of carboxylic acids is 1. The summed E-state index contributed by atoms with van der Waals surface area (Å²) in [7, 11) is 0. The van der Waals surface area contributed by atoms with Crippen LogP contribution in [0.4, 0.5) is 0 Å². The fraction of sp³-hybridized carbons (Fsp3) is 0.316. The van der Waals surface area contributed by atoms with E-state index in [-0.39, 0.29) is 6.42 Å². The van der Waals surface area contributed by atoms with Crippen LogP contribution in [0.5, 0.6) is 11.5 Å². The molecule has 0 aliphatic rings. The van der Waals surface area contributed by atoms with E-state index in [2.05, 4.69) is 0 Å². The molecule has 24 heavy (non-hydrogen) atoms. The second-order valence-electron chi connectivity index (χ2n) is 5.64. The zero-order valence-corrected chi connectivity index (χ0v) is 14.6. The minimum Gasteiger partial charge on any atom is -0.493 e. The van der Waals surface area contributed by atoms with Gasteiger partial charge in [-0.15, -0.1) is 0 Å². The van der Waals surface area contributed by atoms with E-state index < -0.39 is 5.97 Å². The number of aliphatic carboxylic acids is 1. The van der Waals surface area contributed by atoms with Crippen molar-refractivity contribution in [2.75, 3.05) is 13.2 Å². The fourth-order valence-electron chi connectivity index (χ4n) is 2.31. The van der Waals surface area contributed by atoms with Gasteiger partial charge in [-0.3, -0.25) is 4.79 Å². The molecule has 1 N–H and O–H groups in total. The van der Waals surface area contributed by atoms with Gasteiger partial charge in [0.05, 0.1) is 19.6 Å². The monoisotopic (exact) mass is 348 g/mol. The number of hydrogen-bond donors (Lipinski definition) is 1. The highest BCUT2D eigenvalue weighted by molar-refractivity contribution is 6.32. The molecular formula is C19H21ClO4. The molecule has 0 fully saturated rings. The Morgan fingerprint density at radius 3 is 2.08 bits per heavy atom. The molecule has 0 saturated heterocycles. The SMILES string of the molecule is Cc1cc(OCCCOc2ccc(CC(=O)O)cc2)cc(C)c1Cl. The minimum absolute atomic E-state index is 0.0219. The molecule has 0 bridgehead atoms. The summed E-state index contributed by atoms with van der Waals surface area (Å²) in [6, 6.07) is 10.9. The first kappa shape index (κ1) is 18.1. The minimum atomic E-state index is -0.839. The highest BCUT2D eigenvalue weighted by Gasteiger charge is 2.04. The van der Waals surface area contributed by atoms with Crippen LogP contribution in [0.2, 0.25) is 5.02 Å². The predicted octanol–water partition coefficient (Wildman–Crippen LogP) is 4.43. The molecule has 0 radical (unpaired) electrons. The summed E-state index contributed by atoms with van der Waals surface area (Å²) in [5.41, 5.74) is 2.76. The largest absolute Gasteiger partial charge is 0.493 e. The molecule has 0 aliphatic heterocycles. The summed E-state index contributed by atoms with van der Waals surface area (Å²) in [6.45, 7) is 5.00. The first-order valence-electron chi connectivity index (χ1n) is 7.79. The summed E-state index contributed by atoms with van der Waals surface area (Å²) >= 11 is 6.13. The van der Waals surface area contributed by atoms with Gasteiger partial charge in [-0.25, -0.2) is 0 Å². The average molecular weight is 349 g/mol. The second kappa shape index (κ2) is 8.60. The topological polar surface area (TPSA) is 55.8 Å². The third-order valence-corrected chi connectivity index (χ3v) is 4.11. The Hall–Kier alpha value is -2.20. The van der Waals surface area contributed by atoms with Crippen LogP contribution >= 0.6 is 11.6 Å². The van der Waals surface area contributed by atoms with Gasteiger partial charge in [-0.2, -0.15) is 0 Å². The molecule has 128 valence electrons. The van der Waals surface area contributed by atoms with Crippen LogP contribution in [0, 0.1) is 13.8 Å². The van der Waals surface area contributed by atoms with Crippen LogP contribution in [0.3, 0.4) is 0 Å². The summed E-state index contributed by atoms with van der Waals surface area (Å²) in [5.74, 6) is 0.697. The Morgan fingerprint density at radius 2 is 1.54 bits per heavy atom. The number of benzene rings is 2. The molecule has 0 aromatic heterocycles. The molecular weight excluding hydrogens is 328 g/mol. The molecule has 0 amide bonds. The Labute approximate surface area is 147 Å². The van der Waals surface area contributed by atoms with Crippen molar-refractivity contribution in [1.82, 2.24) is 0 Å². The van der Waals surface area contributed by atoms with Gasteiger partial charge in [0.25, 0.3) is 0 Å². The average Bonchev–Trinajstić information content (AvgIpc) is 2.53. The number of hydrogen-bond acceptors (Lipinski definition) is 3. The number of carbonyl (C=O) groups is 1. The van der Waals surface area contributed by atoms with Crippen molar-refractivity contribution in [3.05, 3.63) is 58.1 Å². The molecule has 2 rings (SSSR count). The molecule has 0 aliphatic carbocycles. The van der Waals surface area contributed by atoms with Crippen LogP contribution in [0.1, 0.15) is 23.1 Å². The fourth-order valence-corrected chi connectivity index (χ4v) is 2.42. The van der Waals surface area contributed by atoms with Gasteiger partial charge in [0.2, 0.25) is 0 Å². The number of ether oxygens (including phenoxy) is 2. The standard InChI is InChI=1S/C19H21ClO4/c1-13-10-17(11-14(2)19(13)20)24-9-3-8-23-16-6-4-15(5-7-16)12-18(21)22/h4-7,10-11H,3,8-9,12H2,1-2H3,(H,21,22). The maximum atomic E-state index is 10.6. The highest BCUT2D eigenvalue weighted by Crippen LogP contribution is 2.25. The maximum Gasteiger partial charge on any atom is 0.307 e. The van der Waals surface area contributed by atoms with Crippen molar-refractivity contribution in [3.8, 4) is 11.5 Å². The van der Waals surface area contributed by atoms with E-state index in [1.54, 1.807) is 24.3 Å². The molecule has 5 heteroatoms. The van der Waals surface area contributed by atoms with E-state index in [0.717, 1.165) is 39.6 Å². The lowest BCUT2D eigenvalue weighted by Gasteiger charge is -2.11. The van der Waals surface area contributed by atoms with E-state index in [4.69, 9.17) is 26.2 Å².